The van der Waals surface area contributed by atoms with Gasteiger partial charge in [-0.25, -0.2) is 0 Å². The summed E-state index contributed by atoms with van der Waals surface area (Å²) >= 11 is 1.67. The molecule has 6 heteroatoms. The third-order valence-electron chi connectivity index (χ3n) is 4.84. The molecule has 0 aliphatic carbocycles. The standard InChI is InChI=1S/C23H30N2O3S/c1-17-14-25(15-18(2)28-17)16-19-6-4-5-7-22(19)24-23(26)12-13-29-21-10-8-20(27-3)9-11-21/h4-11,17-18H,12-16H2,1-3H3,(H,24,26). The van der Waals surface area contributed by atoms with Crippen molar-refractivity contribution < 1.29 is 14.3 Å². The van der Waals surface area contributed by atoms with Crippen LogP contribution in [0.15, 0.2) is 53.4 Å². The summed E-state index contributed by atoms with van der Waals surface area (Å²) in [7, 11) is 1.66. The van der Waals surface area contributed by atoms with E-state index in [-0.39, 0.29) is 18.1 Å². The van der Waals surface area contributed by atoms with Crippen LogP contribution < -0.4 is 10.1 Å². The number of para-hydroxylation sites is 1. The number of nitrogens with one attached hydrogen (secondary N) is 1. The second kappa shape index (κ2) is 10.7. The Morgan fingerprint density at radius 3 is 2.52 bits per heavy atom. The predicted molar refractivity (Wildman–Crippen MR) is 119 cm³/mol. The molecule has 2 aromatic carbocycles. The maximum Gasteiger partial charge on any atom is 0.225 e. The predicted octanol–water partition coefficient (Wildman–Crippen LogP) is 4.43. The molecule has 0 bridgehead atoms. The van der Waals surface area contributed by atoms with Gasteiger partial charge in [0.25, 0.3) is 0 Å². The minimum absolute atomic E-state index is 0.0437. The fourth-order valence-corrected chi connectivity index (χ4v) is 4.43. The number of amides is 1. The molecule has 1 fully saturated rings. The molecule has 5 nitrogen and oxygen atoms in total. The molecule has 1 saturated heterocycles. The molecule has 1 amide bonds. The van der Waals surface area contributed by atoms with Gasteiger partial charge in [-0.1, -0.05) is 18.2 Å². The number of nitrogens with zero attached hydrogens (tertiary/aromatic N) is 1. The van der Waals surface area contributed by atoms with Crippen molar-refractivity contribution in [1.82, 2.24) is 4.90 Å². The van der Waals surface area contributed by atoms with Crippen molar-refractivity contribution in [2.24, 2.45) is 0 Å². The molecule has 3 rings (SSSR count). The molecule has 1 heterocycles. The highest BCUT2D eigenvalue weighted by Crippen LogP contribution is 2.23. The fraction of sp³-hybridized carbons (Fsp3) is 0.435. The van der Waals surface area contributed by atoms with E-state index in [0.717, 1.165) is 47.3 Å². The Labute approximate surface area is 177 Å². The summed E-state index contributed by atoms with van der Waals surface area (Å²) in [6.45, 7) is 6.85. The average molecular weight is 415 g/mol. The zero-order valence-corrected chi connectivity index (χ0v) is 18.2. The lowest BCUT2D eigenvalue weighted by Crippen LogP contribution is -2.44. The number of hydrogen-bond donors (Lipinski definition) is 1. The van der Waals surface area contributed by atoms with Gasteiger partial charge in [0.15, 0.2) is 0 Å². The van der Waals surface area contributed by atoms with Crippen LogP contribution in [0.1, 0.15) is 25.8 Å². The van der Waals surface area contributed by atoms with Gasteiger partial charge < -0.3 is 14.8 Å². The van der Waals surface area contributed by atoms with Crippen LogP contribution in [-0.2, 0) is 16.1 Å². The number of thioether (sulfide) groups is 1. The van der Waals surface area contributed by atoms with E-state index in [2.05, 4.69) is 30.1 Å². The Morgan fingerprint density at radius 1 is 1.14 bits per heavy atom. The smallest absolute Gasteiger partial charge is 0.225 e. The van der Waals surface area contributed by atoms with Gasteiger partial charge in [0, 0.05) is 42.4 Å². The van der Waals surface area contributed by atoms with E-state index in [0.29, 0.717) is 6.42 Å². The number of hydrogen-bond acceptors (Lipinski definition) is 5. The highest BCUT2D eigenvalue weighted by atomic mass is 32.2. The van der Waals surface area contributed by atoms with Crippen molar-refractivity contribution in [2.45, 2.75) is 43.9 Å². The number of rotatable bonds is 8. The molecule has 156 valence electrons. The molecule has 0 saturated carbocycles. The zero-order valence-electron chi connectivity index (χ0n) is 17.4. The summed E-state index contributed by atoms with van der Waals surface area (Å²) in [5, 5.41) is 3.10. The largest absolute Gasteiger partial charge is 0.497 e. The Morgan fingerprint density at radius 2 is 1.83 bits per heavy atom. The second-order valence-electron chi connectivity index (χ2n) is 7.43. The molecule has 1 N–H and O–H groups in total. The van der Waals surface area contributed by atoms with Crippen molar-refractivity contribution in [3.63, 3.8) is 0 Å². The molecule has 0 radical (unpaired) electrons. The lowest BCUT2D eigenvalue weighted by molar-refractivity contribution is -0.115. The number of anilines is 1. The topological polar surface area (TPSA) is 50.8 Å². The van der Waals surface area contributed by atoms with Gasteiger partial charge in [-0.05, 0) is 49.7 Å². The van der Waals surface area contributed by atoms with Crippen molar-refractivity contribution in [1.29, 1.82) is 0 Å². The monoisotopic (exact) mass is 414 g/mol. The van der Waals surface area contributed by atoms with Crippen molar-refractivity contribution in [3.8, 4) is 5.75 Å². The highest BCUT2D eigenvalue weighted by molar-refractivity contribution is 7.99. The minimum Gasteiger partial charge on any atom is -0.497 e. The SMILES string of the molecule is COc1ccc(SCCC(=O)Nc2ccccc2CN2CC(C)OC(C)C2)cc1. The summed E-state index contributed by atoms with van der Waals surface area (Å²) in [5.74, 6) is 1.62. The minimum atomic E-state index is 0.0437. The molecule has 2 atom stereocenters. The van der Waals surface area contributed by atoms with E-state index in [1.165, 1.54) is 0 Å². The third-order valence-corrected chi connectivity index (χ3v) is 5.85. The maximum atomic E-state index is 12.5. The molecule has 0 aromatic heterocycles. The molecular formula is C23H30N2O3S. The van der Waals surface area contributed by atoms with E-state index >= 15 is 0 Å². The molecule has 2 aromatic rings. The number of morpholine rings is 1. The lowest BCUT2D eigenvalue weighted by Gasteiger charge is -2.35. The zero-order chi connectivity index (χ0) is 20.6. The van der Waals surface area contributed by atoms with E-state index in [1.807, 2.05) is 42.5 Å². The van der Waals surface area contributed by atoms with Gasteiger partial charge in [-0.15, -0.1) is 11.8 Å². The van der Waals surface area contributed by atoms with Crippen molar-refractivity contribution in [2.75, 3.05) is 31.3 Å². The fourth-order valence-electron chi connectivity index (χ4n) is 3.58. The number of carbonyl (C=O) groups is 1. The second-order valence-corrected chi connectivity index (χ2v) is 8.60. The van der Waals surface area contributed by atoms with Gasteiger partial charge in [0.2, 0.25) is 5.91 Å². The summed E-state index contributed by atoms with van der Waals surface area (Å²) in [5.41, 5.74) is 2.05. The van der Waals surface area contributed by atoms with Crippen molar-refractivity contribution in [3.05, 3.63) is 54.1 Å². The van der Waals surface area contributed by atoms with E-state index in [9.17, 15) is 4.79 Å². The van der Waals surface area contributed by atoms with Gasteiger partial charge in [-0.2, -0.15) is 0 Å². The Balaban J connectivity index is 1.51. The quantitative estimate of drug-likeness (QED) is 0.648. The average Bonchev–Trinajstić information content (AvgIpc) is 2.69. The van der Waals surface area contributed by atoms with Gasteiger partial charge >= 0.3 is 0 Å². The summed E-state index contributed by atoms with van der Waals surface area (Å²) in [4.78, 5) is 16.0. The van der Waals surface area contributed by atoms with Gasteiger partial charge in [0.05, 0.1) is 19.3 Å². The first-order valence-electron chi connectivity index (χ1n) is 10.1. The number of ether oxygens (including phenoxy) is 2. The molecule has 2 unspecified atom stereocenters. The van der Waals surface area contributed by atoms with Gasteiger partial charge in [-0.3, -0.25) is 9.69 Å². The number of methoxy groups -OCH3 is 1. The number of benzene rings is 2. The van der Waals surface area contributed by atoms with Crippen LogP contribution >= 0.6 is 11.8 Å². The lowest BCUT2D eigenvalue weighted by atomic mass is 10.1. The van der Waals surface area contributed by atoms with E-state index < -0.39 is 0 Å². The van der Waals surface area contributed by atoms with Crippen LogP contribution in [0.2, 0.25) is 0 Å². The summed E-state index contributed by atoms with van der Waals surface area (Å²) < 4.78 is 11.0. The Kier molecular flexibility index (Phi) is 7.98. The normalized spacial score (nSPS) is 19.7. The molecule has 0 spiro atoms. The summed E-state index contributed by atoms with van der Waals surface area (Å²) in [6, 6.07) is 16.0. The first-order chi connectivity index (χ1) is 14.0. The summed E-state index contributed by atoms with van der Waals surface area (Å²) in [6.07, 6.45) is 0.933. The van der Waals surface area contributed by atoms with Crippen LogP contribution in [0.5, 0.6) is 5.75 Å². The Hall–Kier alpha value is -2.02. The van der Waals surface area contributed by atoms with Crippen LogP contribution in [0.3, 0.4) is 0 Å². The van der Waals surface area contributed by atoms with Crippen LogP contribution in [0.4, 0.5) is 5.69 Å². The molecule has 1 aliphatic heterocycles. The van der Waals surface area contributed by atoms with Gasteiger partial charge in [0.1, 0.15) is 5.75 Å². The third kappa shape index (κ3) is 6.77. The maximum absolute atomic E-state index is 12.5. The van der Waals surface area contributed by atoms with Crippen LogP contribution in [0, 0.1) is 0 Å². The number of carbonyl (C=O) groups excluding carboxylic acids is 1. The Bertz CT molecular complexity index is 787. The van der Waals surface area contributed by atoms with Crippen LogP contribution in [0.25, 0.3) is 0 Å². The van der Waals surface area contributed by atoms with E-state index in [1.54, 1.807) is 18.9 Å². The first kappa shape index (κ1) is 21.7. The molecule has 1 aliphatic rings. The van der Waals surface area contributed by atoms with Crippen molar-refractivity contribution >= 4 is 23.4 Å². The molecular weight excluding hydrogens is 384 g/mol. The highest BCUT2D eigenvalue weighted by Gasteiger charge is 2.22. The van der Waals surface area contributed by atoms with E-state index in [4.69, 9.17) is 9.47 Å². The molecule has 29 heavy (non-hydrogen) atoms. The first-order valence-corrected chi connectivity index (χ1v) is 11.0. The van der Waals surface area contributed by atoms with Crippen LogP contribution in [-0.4, -0.2) is 49.0 Å².